The minimum atomic E-state index is -0.862. The van der Waals surface area contributed by atoms with Gasteiger partial charge in [0.2, 0.25) is 0 Å². The molecule has 0 atom stereocenters. The lowest BCUT2D eigenvalue weighted by Crippen LogP contribution is -2.49. The number of piperazine rings is 1. The van der Waals surface area contributed by atoms with Crippen molar-refractivity contribution in [3.05, 3.63) is 33.3 Å². The van der Waals surface area contributed by atoms with E-state index in [1.54, 1.807) is 0 Å². The zero-order valence-electron chi connectivity index (χ0n) is 11.0. The van der Waals surface area contributed by atoms with Crippen LogP contribution in [-0.4, -0.2) is 47.8 Å². The molecule has 21 heavy (non-hydrogen) atoms. The number of hydrogen-bond donors (Lipinski definition) is 2. The van der Waals surface area contributed by atoms with Gasteiger partial charge in [-0.2, -0.15) is 0 Å². The molecule has 8 nitrogen and oxygen atoms in total. The number of halogens is 1. The van der Waals surface area contributed by atoms with E-state index in [9.17, 15) is 19.7 Å². The highest BCUT2D eigenvalue weighted by atomic mass is 35.5. The number of nitrogens with one attached hydrogen (secondary N) is 2. The van der Waals surface area contributed by atoms with Gasteiger partial charge in [-0.25, -0.2) is 0 Å². The van der Waals surface area contributed by atoms with Crippen molar-refractivity contribution in [2.75, 3.05) is 31.5 Å². The number of non-ortho nitro benzene ring substituents is 1. The molecule has 1 aliphatic rings. The number of benzene rings is 1. The lowest BCUT2D eigenvalue weighted by atomic mass is 10.2. The van der Waals surface area contributed by atoms with E-state index in [4.69, 9.17) is 11.6 Å². The van der Waals surface area contributed by atoms with Crippen LogP contribution >= 0.6 is 11.6 Å². The summed E-state index contributed by atoms with van der Waals surface area (Å²) in [6, 6.07) is 3.63. The molecule has 9 heteroatoms. The van der Waals surface area contributed by atoms with E-state index in [-0.39, 0.29) is 16.4 Å². The summed E-state index contributed by atoms with van der Waals surface area (Å²) in [5.41, 5.74) is -0.177. The lowest BCUT2D eigenvalue weighted by molar-refractivity contribution is -0.384. The van der Waals surface area contributed by atoms with Crippen LogP contribution in [0.2, 0.25) is 5.02 Å². The van der Waals surface area contributed by atoms with Crippen LogP contribution in [0.15, 0.2) is 18.2 Å². The first kappa shape index (κ1) is 15.2. The predicted molar refractivity (Wildman–Crippen MR) is 76.2 cm³/mol. The Morgan fingerprint density at radius 3 is 2.62 bits per heavy atom. The normalized spacial score (nSPS) is 14.6. The molecule has 2 rings (SSSR count). The first-order valence-corrected chi connectivity index (χ1v) is 6.62. The van der Waals surface area contributed by atoms with Crippen LogP contribution < -0.4 is 10.6 Å². The Morgan fingerprint density at radius 2 is 2.00 bits per heavy atom. The number of rotatable bonds is 2. The topological polar surface area (TPSA) is 105 Å². The van der Waals surface area contributed by atoms with Gasteiger partial charge in [0, 0.05) is 38.3 Å². The Morgan fingerprint density at radius 1 is 1.33 bits per heavy atom. The summed E-state index contributed by atoms with van der Waals surface area (Å²) in [5.74, 6) is -1.54. The lowest BCUT2D eigenvalue weighted by Gasteiger charge is -2.26. The fraction of sp³-hybridized carbons (Fsp3) is 0.333. The number of carbonyl (C=O) groups is 2. The van der Waals surface area contributed by atoms with Gasteiger partial charge in [0.1, 0.15) is 0 Å². The van der Waals surface area contributed by atoms with E-state index < -0.39 is 16.7 Å². The third-order valence-corrected chi connectivity index (χ3v) is 3.34. The van der Waals surface area contributed by atoms with Crippen LogP contribution in [-0.2, 0) is 9.59 Å². The van der Waals surface area contributed by atoms with E-state index in [1.165, 1.54) is 17.0 Å². The standard InChI is InChI=1S/C12H13ClN4O4/c13-9-2-1-8(17(20)21)7-10(9)15-11(18)12(19)16-5-3-14-4-6-16/h1-2,7,14H,3-6H2,(H,15,18). The largest absolute Gasteiger partial charge is 0.332 e. The molecular formula is C12H13ClN4O4. The van der Waals surface area contributed by atoms with Gasteiger partial charge in [-0.3, -0.25) is 19.7 Å². The smallest absolute Gasteiger partial charge is 0.313 e. The molecule has 0 bridgehead atoms. The monoisotopic (exact) mass is 312 g/mol. The third-order valence-electron chi connectivity index (χ3n) is 3.01. The predicted octanol–water partition coefficient (Wildman–Crippen LogP) is 0.618. The van der Waals surface area contributed by atoms with E-state index in [0.29, 0.717) is 26.2 Å². The van der Waals surface area contributed by atoms with Crippen molar-refractivity contribution in [2.45, 2.75) is 0 Å². The summed E-state index contributed by atoms with van der Waals surface area (Å²) in [5, 5.41) is 16.2. The van der Waals surface area contributed by atoms with Gasteiger partial charge in [-0.15, -0.1) is 0 Å². The van der Waals surface area contributed by atoms with Crippen molar-refractivity contribution in [2.24, 2.45) is 0 Å². The van der Waals surface area contributed by atoms with Gasteiger partial charge < -0.3 is 15.5 Å². The maximum atomic E-state index is 11.9. The van der Waals surface area contributed by atoms with E-state index in [1.807, 2.05) is 0 Å². The second kappa shape index (κ2) is 6.51. The molecule has 0 radical (unpaired) electrons. The number of anilines is 1. The molecule has 1 aromatic rings. The van der Waals surface area contributed by atoms with Gasteiger partial charge in [-0.1, -0.05) is 11.6 Å². The average Bonchev–Trinajstić information content (AvgIpc) is 2.49. The highest BCUT2D eigenvalue weighted by molar-refractivity contribution is 6.41. The molecule has 1 aliphatic heterocycles. The Hall–Kier alpha value is -2.19. The van der Waals surface area contributed by atoms with Gasteiger partial charge >= 0.3 is 11.8 Å². The highest BCUT2D eigenvalue weighted by Gasteiger charge is 2.24. The summed E-state index contributed by atoms with van der Waals surface area (Å²) in [6.45, 7) is 2.12. The summed E-state index contributed by atoms with van der Waals surface area (Å²) in [6.07, 6.45) is 0. The fourth-order valence-corrected chi connectivity index (χ4v) is 2.07. The molecule has 1 heterocycles. The van der Waals surface area contributed by atoms with Crippen LogP contribution in [0.1, 0.15) is 0 Å². The van der Waals surface area contributed by atoms with Gasteiger partial charge in [0.05, 0.1) is 15.6 Å². The molecular weight excluding hydrogens is 300 g/mol. The molecule has 112 valence electrons. The third kappa shape index (κ3) is 3.67. The Labute approximate surface area is 125 Å². The average molecular weight is 313 g/mol. The van der Waals surface area contributed by atoms with Crippen LogP contribution in [0.25, 0.3) is 0 Å². The van der Waals surface area contributed by atoms with Crippen LogP contribution in [0.4, 0.5) is 11.4 Å². The SMILES string of the molecule is O=C(Nc1cc([N+](=O)[O-])ccc1Cl)C(=O)N1CCNCC1. The van der Waals surface area contributed by atoms with Crippen LogP contribution in [0, 0.1) is 10.1 Å². The molecule has 1 aromatic carbocycles. The van der Waals surface area contributed by atoms with Crippen LogP contribution in [0.5, 0.6) is 0 Å². The number of hydrogen-bond acceptors (Lipinski definition) is 5. The Balaban J connectivity index is 2.09. The first-order chi connectivity index (χ1) is 9.99. The molecule has 2 N–H and O–H groups in total. The van der Waals surface area contributed by atoms with Crippen molar-refractivity contribution >= 4 is 34.8 Å². The summed E-state index contributed by atoms with van der Waals surface area (Å²) in [7, 11) is 0. The number of carbonyl (C=O) groups excluding carboxylic acids is 2. The molecule has 2 amide bonds. The van der Waals surface area contributed by atoms with Crippen molar-refractivity contribution in [3.8, 4) is 0 Å². The van der Waals surface area contributed by atoms with E-state index in [2.05, 4.69) is 10.6 Å². The second-order valence-electron chi connectivity index (χ2n) is 4.42. The molecule has 0 spiro atoms. The molecule has 1 saturated heterocycles. The Bertz CT molecular complexity index is 587. The maximum Gasteiger partial charge on any atom is 0.313 e. The Kier molecular flexibility index (Phi) is 4.71. The minimum absolute atomic E-state index is 0.0411. The second-order valence-corrected chi connectivity index (χ2v) is 4.82. The summed E-state index contributed by atoms with van der Waals surface area (Å²) in [4.78, 5) is 35.3. The number of nitro groups is 1. The van der Waals surface area contributed by atoms with Gasteiger partial charge in [0.25, 0.3) is 5.69 Å². The number of nitro benzene ring substituents is 1. The van der Waals surface area contributed by atoms with E-state index in [0.717, 1.165) is 6.07 Å². The number of amides is 2. The number of nitrogens with zero attached hydrogens (tertiary/aromatic N) is 2. The molecule has 0 saturated carbocycles. The minimum Gasteiger partial charge on any atom is -0.332 e. The van der Waals surface area contributed by atoms with Crippen molar-refractivity contribution in [1.29, 1.82) is 0 Å². The molecule has 0 aliphatic carbocycles. The van der Waals surface area contributed by atoms with Crippen molar-refractivity contribution in [1.82, 2.24) is 10.2 Å². The molecule has 1 fully saturated rings. The summed E-state index contributed by atoms with van der Waals surface area (Å²) < 4.78 is 0. The zero-order valence-corrected chi connectivity index (χ0v) is 11.7. The van der Waals surface area contributed by atoms with Crippen molar-refractivity contribution < 1.29 is 14.5 Å². The highest BCUT2D eigenvalue weighted by Crippen LogP contribution is 2.26. The van der Waals surface area contributed by atoms with E-state index >= 15 is 0 Å². The fourth-order valence-electron chi connectivity index (χ4n) is 1.91. The maximum absolute atomic E-state index is 11.9. The van der Waals surface area contributed by atoms with Crippen molar-refractivity contribution in [3.63, 3.8) is 0 Å². The molecule has 0 unspecified atom stereocenters. The molecule has 0 aromatic heterocycles. The van der Waals surface area contributed by atoms with Gasteiger partial charge in [0.15, 0.2) is 0 Å². The first-order valence-electron chi connectivity index (χ1n) is 6.24. The quantitative estimate of drug-likeness (QED) is 0.473. The zero-order chi connectivity index (χ0) is 15.4. The summed E-state index contributed by atoms with van der Waals surface area (Å²) >= 11 is 5.86. The van der Waals surface area contributed by atoms with Crippen LogP contribution in [0.3, 0.4) is 0 Å². The van der Waals surface area contributed by atoms with Gasteiger partial charge in [-0.05, 0) is 6.07 Å².